The van der Waals surface area contributed by atoms with Gasteiger partial charge < -0.3 is 10.6 Å². The van der Waals surface area contributed by atoms with Gasteiger partial charge in [0.15, 0.2) is 0 Å². The summed E-state index contributed by atoms with van der Waals surface area (Å²) in [6.07, 6.45) is 9.39. The summed E-state index contributed by atoms with van der Waals surface area (Å²) in [5.41, 5.74) is 0. The number of nitrogens with one attached hydrogen (secondary N) is 2. The highest BCUT2D eigenvalue weighted by Crippen LogP contribution is 2.25. The summed E-state index contributed by atoms with van der Waals surface area (Å²) in [5, 5.41) is 6.74. The Morgan fingerprint density at radius 2 is 2.11 bits per heavy atom. The molecule has 18 heavy (non-hydrogen) atoms. The second-order valence-corrected chi connectivity index (χ2v) is 5.65. The van der Waals surface area contributed by atoms with Crippen molar-refractivity contribution in [2.45, 2.75) is 51.5 Å². The third-order valence-corrected chi connectivity index (χ3v) is 3.80. The number of halogens is 1. The Labute approximate surface area is 117 Å². The Balaban J connectivity index is 2.00. The molecule has 4 nitrogen and oxygen atoms in total. The van der Waals surface area contributed by atoms with Gasteiger partial charge >= 0.3 is 0 Å². The molecule has 0 atom stereocenters. The zero-order valence-corrected chi connectivity index (χ0v) is 12.5. The summed E-state index contributed by atoms with van der Waals surface area (Å²) in [6.45, 7) is 3.04. The summed E-state index contributed by atoms with van der Waals surface area (Å²) in [7, 11) is 0. The van der Waals surface area contributed by atoms with Gasteiger partial charge in [-0.2, -0.15) is 4.98 Å². The van der Waals surface area contributed by atoms with E-state index in [0.29, 0.717) is 12.0 Å². The standard InChI is InChI=1S/C13H21BrN4/c1-2-8-15-13-16-9-11(14)12(18-13)17-10-6-4-3-5-7-10/h9-10H,2-8H2,1H3,(H2,15,16,17,18). The Morgan fingerprint density at radius 3 is 2.83 bits per heavy atom. The van der Waals surface area contributed by atoms with Crippen LogP contribution in [0.5, 0.6) is 0 Å². The van der Waals surface area contributed by atoms with Crippen molar-refractivity contribution in [3.63, 3.8) is 0 Å². The molecule has 1 saturated carbocycles. The molecule has 0 amide bonds. The highest BCUT2D eigenvalue weighted by molar-refractivity contribution is 9.10. The Bertz CT molecular complexity index is 377. The molecule has 2 N–H and O–H groups in total. The molecule has 5 heteroatoms. The molecule has 1 aliphatic rings. The zero-order valence-electron chi connectivity index (χ0n) is 10.9. The minimum Gasteiger partial charge on any atom is -0.366 e. The van der Waals surface area contributed by atoms with E-state index in [2.05, 4.69) is 43.5 Å². The fourth-order valence-corrected chi connectivity index (χ4v) is 2.54. The van der Waals surface area contributed by atoms with Crippen LogP contribution >= 0.6 is 15.9 Å². The van der Waals surface area contributed by atoms with Crippen molar-refractivity contribution >= 4 is 27.7 Å². The molecule has 0 radical (unpaired) electrons. The lowest BCUT2D eigenvalue weighted by Gasteiger charge is -2.23. The number of hydrogen-bond acceptors (Lipinski definition) is 4. The Morgan fingerprint density at radius 1 is 1.33 bits per heavy atom. The summed E-state index contributed by atoms with van der Waals surface area (Å²) >= 11 is 3.51. The molecule has 1 fully saturated rings. The van der Waals surface area contributed by atoms with E-state index in [4.69, 9.17) is 0 Å². The number of hydrogen-bond donors (Lipinski definition) is 2. The molecule has 1 aromatic heterocycles. The van der Waals surface area contributed by atoms with Gasteiger partial charge in [0.1, 0.15) is 5.82 Å². The van der Waals surface area contributed by atoms with Crippen molar-refractivity contribution in [3.8, 4) is 0 Å². The highest BCUT2D eigenvalue weighted by Gasteiger charge is 2.15. The fraction of sp³-hybridized carbons (Fsp3) is 0.692. The molecule has 0 bridgehead atoms. The Hall–Kier alpha value is -0.840. The topological polar surface area (TPSA) is 49.8 Å². The fourth-order valence-electron chi connectivity index (χ4n) is 2.23. The monoisotopic (exact) mass is 312 g/mol. The lowest BCUT2D eigenvalue weighted by molar-refractivity contribution is 0.461. The van der Waals surface area contributed by atoms with E-state index in [0.717, 1.165) is 23.3 Å². The van der Waals surface area contributed by atoms with E-state index in [1.165, 1.54) is 32.1 Å². The van der Waals surface area contributed by atoms with Crippen LogP contribution in [0.4, 0.5) is 11.8 Å². The van der Waals surface area contributed by atoms with Crippen LogP contribution < -0.4 is 10.6 Å². The smallest absolute Gasteiger partial charge is 0.224 e. The first kappa shape index (κ1) is 13.6. The van der Waals surface area contributed by atoms with Gasteiger partial charge in [-0.3, -0.25) is 0 Å². The van der Waals surface area contributed by atoms with E-state index in [9.17, 15) is 0 Å². The van der Waals surface area contributed by atoms with Crippen molar-refractivity contribution in [3.05, 3.63) is 10.7 Å². The molecule has 1 aliphatic carbocycles. The summed E-state index contributed by atoms with van der Waals surface area (Å²) in [5.74, 6) is 1.62. The van der Waals surface area contributed by atoms with Crippen LogP contribution in [0.3, 0.4) is 0 Å². The van der Waals surface area contributed by atoms with Crippen molar-refractivity contribution in [1.29, 1.82) is 0 Å². The van der Waals surface area contributed by atoms with Crippen molar-refractivity contribution in [1.82, 2.24) is 9.97 Å². The van der Waals surface area contributed by atoms with Gasteiger partial charge in [0.25, 0.3) is 0 Å². The Kier molecular flexibility index (Phi) is 5.23. The van der Waals surface area contributed by atoms with Crippen molar-refractivity contribution < 1.29 is 0 Å². The molecule has 0 saturated heterocycles. The maximum absolute atomic E-state index is 4.52. The van der Waals surface area contributed by atoms with Gasteiger partial charge in [0.2, 0.25) is 5.95 Å². The van der Waals surface area contributed by atoms with Crippen LogP contribution in [-0.2, 0) is 0 Å². The van der Waals surface area contributed by atoms with Gasteiger partial charge in [-0.25, -0.2) is 4.98 Å². The highest BCUT2D eigenvalue weighted by atomic mass is 79.9. The maximum atomic E-state index is 4.52. The molecule has 100 valence electrons. The minimum absolute atomic E-state index is 0.559. The van der Waals surface area contributed by atoms with Crippen LogP contribution in [-0.4, -0.2) is 22.6 Å². The van der Waals surface area contributed by atoms with E-state index < -0.39 is 0 Å². The third-order valence-electron chi connectivity index (χ3n) is 3.22. The molecule has 0 aromatic carbocycles. The number of anilines is 2. The van der Waals surface area contributed by atoms with Crippen LogP contribution in [0, 0.1) is 0 Å². The first-order chi connectivity index (χ1) is 8.79. The van der Waals surface area contributed by atoms with Gasteiger partial charge in [-0.1, -0.05) is 26.2 Å². The van der Waals surface area contributed by atoms with Crippen molar-refractivity contribution in [2.75, 3.05) is 17.2 Å². The average molecular weight is 313 g/mol. The van der Waals surface area contributed by atoms with Crippen LogP contribution in [0.1, 0.15) is 45.4 Å². The second kappa shape index (κ2) is 6.92. The van der Waals surface area contributed by atoms with Gasteiger partial charge in [0.05, 0.1) is 4.47 Å². The van der Waals surface area contributed by atoms with E-state index >= 15 is 0 Å². The first-order valence-corrected chi connectivity index (χ1v) is 7.62. The molecule has 0 spiro atoms. The number of rotatable bonds is 5. The summed E-state index contributed by atoms with van der Waals surface area (Å²) in [6, 6.07) is 0.559. The van der Waals surface area contributed by atoms with E-state index in [1.54, 1.807) is 0 Å². The molecule has 2 rings (SSSR count). The van der Waals surface area contributed by atoms with E-state index in [-0.39, 0.29) is 0 Å². The largest absolute Gasteiger partial charge is 0.366 e. The number of aromatic nitrogens is 2. The van der Waals surface area contributed by atoms with Crippen molar-refractivity contribution in [2.24, 2.45) is 0 Å². The molecule has 1 aromatic rings. The predicted octanol–water partition coefficient (Wildman–Crippen LogP) is 3.81. The van der Waals surface area contributed by atoms with Gasteiger partial charge in [-0.15, -0.1) is 0 Å². The normalized spacial score (nSPS) is 16.6. The first-order valence-electron chi connectivity index (χ1n) is 6.82. The SMILES string of the molecule is CCCNc1ncc(Br)c(NC2CCCCC2)n1. The van der Waals surface area contributed by atoms with Crippen LogP contribution in [0.2, 0.25) is 0 Å². The summed E-state index contributed by atoms with van der Waals surface area (Å²) < 4.78 is 0.940. The average Bonchev–Trinajstić information content (AvgIpc) is 2.41. The molecular formula is C13H21BrN4. The zero-order chi connectivity index (χ0) is 12.8. The predicted molar refractivity (Wildman–Crippen MR) is 79.0 cm³/mol. The molecular weight excluding hydrogens is 292 g/mol. The van der Waals surface area contributed by atoms with Crippen LogP contribution in [0.15, 0.2) is 10.7 Å². The quantitative estimate of drug-likeness (QED) is 0.868. The maximum Gasteiger partial charge on any atom is 0.224 e. The van der Waals surface area contributed by atoms with Gasteiger partial charge in [0, 0.05) is 18.8 Å². The summed E-state index contributed by atoms with van der Waals surface area (Å²) in [4.78, 5) is 8.78. The van der Waals surface area contributed by atoms with Gasteiger partial charge in [-0.05, 0) is 35.2 Å². The molecule has 0 aliphatic heterocycles. The van der Waals surface area contributed by atoms with E-state index in [1.807, 2.05) is 6.20 Å². The minimum atomic E-state index is 0.559. The van der Waals surface area contributed by atoms with Crippen LogP contribution in [0.25, 0.3) is 0 Å². The molecule has 0 unspecified atom stereocenters. The lowest BCUT2D eigenvalue weighted by Crippen LogP contribution is -2.23. The third kappa shape index (κ3) is 3.83. The molecule has 1 heterocycles. The lowest BCUT2D eigenvalue weighted by atomic mass is 9.95. The second-order valence-electron chi connectivity index (χ2n) is 4.80. The number of nitrogens with zero attached hydrogens (tertiary/aromatic N) is 2.